The van der Waals surface area contributed by atoms with Gasteiger partial charge in [0.2, 0.25) is 11.9 Å². The summed E-state index contributed by atoms with van der Waals surface area (Å²) in [5.74, 6) is 0.385. The Balaban J connectivity index is 2.03. The van der Waals surface area contributed by atoms with E-state index in [1.54, 1.807) is 0 Å². The summed E-state index contributed by atoms with van der Waals surface area (Å²) in [6.07, 6.45) is 3.04. The average Bonchev–Trinajstić information content (AvgIpc) is 2.85. The molecule has 1 aliphatic rings. The van der Waals surface area contributed by atoms with Crippen molar-refractivity contribution in [1.82, 2.24) is 9.97 Å². The van der Waals surface area contributed by atoms with E-state index in [2.05, 4.69) is 14.7 Å². The van der Waals surface area contributed by atoms with Gasteiger partial charge in [-0.25, -0.2) is 14.8 Å². The summed E-state index contributed by atoms with van der Waals surface area (Å²) in [7, 11) is 1.28. The van der Waals surface area contributed by atoms with Crippen molar-refractivity contribution in [3.8, 4) is 0 Å². The summed E-state index contributed by atoms with van der Waals surface area (Å²) >= 11 is 1.22. The Labute approximate surface area is 126 Å². The summed E-state index contributed by atoms with van der Waals surface area (Å²) in [6.45, 7) is 1.99. The average molecular weight is 309 g/mol. The Morgan fingerprint density at radius 3 is 2.67 bits per heavy atom. The molecule has 0 bridgehead atoms. The van der Waals surface area contributed by atoms with E-state index in [4.69, 9.17) is 0 Å². The lowest BCUT2D eigenvalue weighted by molar-refractivity contribution is -0.117. The molecule has 0 aliphatic carbocycles. The van der Waals surface area contributed by atoms with Crippen molar-refractivity contribution < 1.29 is 19.1 Å². The predicted octanol–water partition coefficient (Wildman–Crippen LogP) is 0.896. The maximum atomic E-state index is 12.0. The number of nitrogens with zero attached hydrogens (tertiary/aromatic N) is 3. The SMILES string of the molecule is COC(=O)c1cnc(N2CC(CSC(C)=O)CC2=O)nc1. The van der Waals surface area contributed by atoms with Crippen LogP contribution in [-0.2, 0) is 14.3 Å². The van der Waals surface area contributed by atoms with Gasteiger partial charge in [0, 0.05) is 38.0 Å². The molecule has 1 saturated heterocycles. The van der Waals surface area contributed by atoms with Gasteiger partial charge in [0.05, 0.1) is 12.7 Å². The molecule has 8 heteroatoms. The van der Waals surface area contributed by atoms with E-state index in [0.29, 0.717) is 18.7 Å². The topological polar surface area (TPSA) is 89.5 Å². The summed E-state index contributed by atoms with van der Waals surface area (Å²) in [5, 5.41) is 0.0413. The number of carbonyl (C=O) groups is 3. The maximum Gasteiger partial charge on any atom is 0.341 e. The molecule has 1 amide bonds. The van der Waals surface area contributed by atoms with Crippen molar-refractivity contribution in [2.24, 2.45) is 5.92 Å². The van der Waals surface area contributed by atoms with E-state index in [-0.39, 0.29) is 28.5 Å². The van der Waals surface area contributed by atoms with Gasteiger partial charge in [0.1, 0.15) is 0 Å². The lowest BCUT2D eigenvalue weighted by Crippen LogP contribution is -2.27. The smallest absolute Gasteiger partial charge is 0.341 e. The molecule has 2 heterocycles. The normalized spacial score (nSPS) is 17.9. The molecule has 1 aromatic rings. The van der Waals surface area contributed by atoms with E-state index >= 15 is 0 Å². The molecule has 1 fully saturated rings. The minimum atomic E-state index is -0.523. The number of esters is 1. The van der Waals surface area contributed by atoms with Crippen LogP contribution in [0.15, 0.2) is 12.4 Å². The summed E-state index contributed by atoms with van der Waals surface area (Å²) in [4.78, 5) is 43.8. The Morgan fingerprint density at radius 2 is 2.10 bits per heavy atom. The monoisotopic (exact) mass is 309 g/mol. The number of ether oxygens (including phenoxy) is 1. The van der Waals surface area contributed by atoms with Crippen LogP contribution in [0.4, 0.5) is 5.95 Å². The molecule has 1 unspecified atom stereocenters. The molecule has 21 heavy (non-hydrogen) atoms. The number of hydrogen-bond acceptors (Lipinski definition) is 7. The molecule has 112 valence electrons. The third kappa shape index (κ3) is 3.78. The highest BCUT2D eigenvalue weighted by molar-refractivity contribution is 8.13. The molecule has 1 atom stereocenters. The standard InChI is InChI=1S/C13H15N3O4S/c1-8(17)21-7-9-3-11(18)16(6-9)13-14-4-10(5-15-13)12(19)20-2/h4-5,9H,3,6-7H2,1-2H3. The molecule has 1 aliphatic heterocycles. The van der Waals surface area contributed by atoms with Gasteiger partial charge in [-0.2, -0.15) is 0 Å². The number of hydrogen-bond donors (Lipinski definition) is 0. The summed E-state index contributed by atoms with van der Waals surface area (Å²) < 4.78 is 4.56. The van der Waals surface area contributed by atoms with Gasteiger partial charge >= 0.3 is 5.97 Å². The van der Waals surface area contributed by atoms with E-state index in [0.717, 1.165) is 0 Å². The third-order valence-electron chi connectivity index (χ3n) is 3.03. The molecule has 0 radical (unpaired) electrons. The Kier molecular flexibility index (Phi) is 4.89. The molecule has 0 N–H and O–H groups in total. The minimum Gasteiger partial charge on any atom is -0.465 e. The van der Waals surface area contributed by atoms with E-state index in [1.165, 1.54) is 43.1 Å². The van der Waals surface area contributed by atoms with Crippen LogP contribution in [0.5, 0.6) is 0 Å². The number of carbonyl (C=O) groups excluding carboxylic acids is 3. The first-order valence-corrected chi connectivity index (χ1v) is 7.34. The zero-order valence-corrected chi connectivity index (χ0v) is 12.6. The number of thioether (sulfide) groups is 1. The van der Waals surface area contributed by atoms with Gasteiger partial charge < -0.3 is 4.74 Å². The fourth-order valence-electron chi connectivity index (χ4n) is 2.01. The molecule has 7 nitrogen and oxygen atoms in total. The van der Waals surface area contributed by atoms with Crippen LogP contribution in [0.3, 0.4) is 0 Å². The fraction of sp³-hybridized carbons (Fsp3) is 0.462. The maximum absolute atomic E-state index is 12.0. The highest BCUT2D eigenvalue weighted by Gasteiger charge is 2.32. The van der Waals surface area contributed by atoms with Crippen molar-refractivity contribution in [1.29, 1.82) is 0 Å². The first-order valence-electron chi connectivity index (χ1n) is 6.35. The third-order valence-corrected chi connectivity index (χ3v) is 4.07. The minimum absolute atomic E-state index is 0.0413. The number of amides is 1. The van der Waals surface area contributed by atoms with Crippen LogP contribution < -0.4 is 4.90 Å². The van der Waals surface area contributed by atoms with Crippen molar-refractivity contribution >= 4 is 34.7 Å². The molecule has 2 rings (SSSR count). The van der Waals surface area contributed by atoms with Crippen LogP contribution >= 0.6 is 11.8 Å². The second kappa shape index (κ2) is 6.66. The summed E-state index contributed by atoms with van der Waals surface area (Å²) in [5.41, 5.74) is 0.233. The lowest BCUT2D eigenvalue weighted by Gasteiger charge is -2.14. The van der Waals surface area contributed by atoms with Crippen LogP contribution in [0, 0.1) is 5.92 Å². The number of methoxy groups -OCH3 is 1. The van der Waals surface area contributed by atoms with Crippen molar-refractivity contribution in [2.45, 2.75) is 13.3 Å². The van der Waals surface area contributed by atoms with Crippen LogP contribution in [-0.4, -0.2) is 46.4 Å². The zero-order valence-electron chi connectivity index (χ0n) is 11.7. The number of rotatable bonds is 4. The Morgan fingerprint density at radius 1 is 1.43 bits per heavy atom. The van der Waals surface area contributed by atoms with Gasteiger partial charge in [-0.1, -0.05) is 11.8 Å². The van der Waals surface area contributed by atoms with E-state index in [1.807, 2.05) is 0 Å². The van der Waals surface area contributed by atoms with Gasteiger partial charge in [0.15, 0.2) is 5.12 Å². The molecular weight excluding hydrogens is 294 g/mol. The highest BCUT2D eigenvalue weighted by atomic mass is 32.2. The van der Waals surface area contributed by atoms with Crippen molar-refractivity contribution in [3.05, 3.63) is 18.0 Å². The number of anilines is 1. The fourth-order valence-corrected chi connectivity index (χ4v) is 2.70. The quantitative estimate of drug-likeness (QED) is 0.763. The van der Waals surface area contributed by atoms with Crippen molar-refractivity contribution in [3.63, 3.8) is 0 Å². The Hall–Kier alpha value is -1.96. The second-order valence-electron chi connectivity index (χ2n) is 4.64. The van der Waals surface area contributed by atoms with E-state index in [9.17, 15) is 14.4 Å². The number of aromatic nitrogens is 2. The van der Waals surface area contributed by atoms with Crippen LogP contribution in [0.2, 0.25) is 0 Å². The van der Waals surface area contributed by atoms with Crippen molar-refractivity contribution in [2.75, 3.05) is 24.3 Å². The Bertz CT molecular complexity index is 561. The van der Waals surface area contributed by atoms with Gasteiger partial charge in [-0.15, -0.1) is 0 Å². The molecular formula is C13H15N3O4S. The van der Waals surface area contributed by atoms with Crippen LogP contribution in [0.1, 0.15) is 23.7 Å². The molecule has 0 saturated carbocycles. The van der Waals surface area contributed by atoms with Gasteiger partial charge in [-0.05, 0) is 5.92 Å². The van der Waals surface area contributed by atoms with Gasteiger partial charge in [0.25, 0.3) is 0 Å². The summed E-state index contributed by atoms with van der Waals surface area (Å²) in [6, 6.07) is 0. The van der Waals surface area contributed by atoms with E-state index < -0.39 is 5.97 Å². The first-order chi connectivity index (χ1) is 10.0. The first kappa shape index (κ1) is 15.4. The molecule has 0 aromatic carbocycles. The highest BCUT2D eigenvalue weighted by Crippen LogP contribution is 2.25. The largest absolute Gasteiger partial charge is 0.465 e. The van der Waals surface area contributed by atoms with Gasteiger partial charge in [-0.3, -0.25) is 14.5 Å². The second-order valence-corrected chi connectivity index (χ2v) is 5.84. The van der Waals surface area contributed by atoms with Crippen LogP contribution in [0.25, 0.3) is 0 Å². The lowest BCUT2D eigenvalue weighted by atomic mass is 10.1. The molecule has 1 aromatic heterocycles. The zero-order chi connectivity index (χ0) is 15.4. The predicted molar refractivity (Wildman–Crippen MR) is 77.0 cm³/mol. The molecule has 0 spiro atoms.